The van der Waals surface area contributed by atoms with Crippen LogP contribution in [0.4, 0.5) is 0 Å². The second kappa shape index (κ2) is 3.18. The van der Waals surface area contributed by atoms with E-state index in [0.717, 1.165) is 6.42 Å². The second-order valence-electron chi connectivity index (χ2n) is 3.71. The molecule has 3 N–H and O–H groups in total. The van der Waals surface area contributed by atoms with Crippen LogP contribution in [0.5, 0.6) is 0 Å². The van der Waals surface area contributed by atoms with E-state index in [-0.39, 0.29) is 18.1 Å². The Morgan fingerprint density at radius 3 is 2.00 bits per heavy atom. The first-order chi connectivity index (χ1) is 3.95. The van der Waals surface area contributed by atoms with Crippen LogP contribution in [0.25, 0.3) is 0 Å². The molecular weight excluding hydrogens is 114 g/mol. The maximum absolute atomic E-state index is 8.57. The van der Waals surface area contributed by atoms with Gasteiger partial charge in [-0.2, -0.15) is 0 Å². The van der Waals surface area contributed by atoms with Gasteiger partial charge in [-0.15, -0.1) is 0 Å². The third-order valence-corrected chi connectivity index (χ3v) is 1.11. The molecule has 9 heavy (non-hydrogen) atoms. The molecule has 56 valence electrons. The fraction of sp³-hybridized carbons (Fsp3) is 1.00. The third kappa shape index (κ3) is 5.80. The van der Waals surface area contributed by atoms with Crippen LogP contribution in [0.3, 0.4) is 0 Å². The van der Waals surface area contributed by atoms with Gasteiger partial charge in [-0.1, -0.05) is 20.8 Å². The minimum absolute atomic E-state index is 0.0509. The van der Waals surface area contributed by atoms with Crippen molar-refractivity contribution in [1.82, 2.24) is 0 Å². The summed E-state index contributed by atoms with van der Waals surface area (Å²) in [5.74, 6) is 0. The Kier molecular flexibility index (Phi) is 3.15. The van der Waals surface area contributed by atoms with E-state index in [2.05, 4.69) is 20.8 Å². The lowest BCUT2D eigenvalue weighted by Crippen LogP contribution is -2.29. The summed E-state index contributed by atoms with van der Waals surface area (Å²) in [5.41, 5.74) is 5.75. The van der Waals surface area contributed by atoms with Crippen LogP contribution in [-0.4, -0.2) is 17.8 Å². The molecule has 2 heteroatoms. The number of aliphatic hydroxyl groups excluding tert-OH is 1. The molecule has 0 aromatic heterocycles. The predicted molar refractivity (Wildman–Crippen MR) is 39.1 cm³/mol. The number of hydrogen-bond donors (Lipinski definition) is 2. The van der Waals surface area contributed by atoms with Gasteiger partial charge in [0.25, 0.3) is 0 Å². The van der Waals surface area contributed by atoms with E-state index < -0.39 is 0 Å². The molecule has 0 spiro atoms. The number of hydrogen-bond acceptors (Lipinski definition) is 2. The molecule has 0 fully saturated rings. The first-order valence-electron chi connectivity index (χ1n) is 3.32. The van der Waals surface area contributed by atoms with Crippen molar-refractivity contribution in [2.45, 2.75) is 33.2 Å². The Balaban J connectivity index is 3.47. The van der Waals surface area contributed by atoms with Crippen molar-refractivity contribution in [1.29, 1.82) is 0 Å². The lowest BCUT2D eigenvalue weighted by atomic mass is 9.89. The zero-order chi connectivity index (χ0) is 7.49. The molecule has 0 aliphatic rings. The molecule has 1 atom stereocenters. The number of nitrogens with two attached hydrogens (primary N) is 1. The van der Waals surface area contributed by atoms with Gasteiger partial charge in [0.05, 0.1) is 6.61 Å². The molecule has 2 nitrogen and oxygen atoms in total. The highest BCUT2D eigenvalue weighted by molar-refractivity contribution is 4.69. The van der Waals surface area contributed by atoms with Gasteiger partial charge < -0.3 is 10.8 Å². The van der Waals surface area contributed by atoms with Gasteiger partial charge in [-0.25, -0.2) is 0 Å². The topological polar surface area (TPSA) is 46.2 Å². The molecule has 0 saturated carbocycles. The molecule has 0 heterocycles. The van der Waals surface area contributed by atoms with Gasteiger partial charge in [-0.3, -0.25) is 0 Å². The van der Waals surface area contributed by atoms with E-state index in [1.165, 1.54) is 0 Å². The maximum Gasteiger partial charge on any atom is 0.0582 e. The number of rotatable bonds is 2. The summed E-state index contributed by atoms with van der Waals surface area (Å²) in [6, 6.07) is -0.0509. The van der Waals surface area contributed by atoms with Crippen LogP contribution in [0.1, 0.15) is 27.2 Å². The third-order valence-electron chi connectivity index (χ3n) is 1.11. The van der Waals surface area contributed by atoms with Crippen molar-refractivity contribution in [2.24, 2.45) is 11.1 Å². The van der Waals surface area contributed by atoms with E-state index in [0.29, 0.717) is 0 Å². The van der Waals surface area contributed by atoms with Crippen molar-refractivity contribution in [3.05, 3.63) is 0 Å². The summed E-state index contributed by atoms with van der Waals surface area (Å²) in [4.78, 5) is 0. The molecule has 0 radical (unpaired) electrons. The minimum Gasteiger partial charge on any atom is -0.395 e. The standard InChI is InChI=1S/C7H17NO/c1-7(2,3)4-6(8)5-9/h6,9H,4-5,8H2,1-3H3/t6-/m1/s1. The molecule has 0 aliphatic carbocycles. The van der Waals surface area contributed by atoms with Crippen LogP contribution in [0.15, 0.2) is 0 Å². The highest BCUT2D eigenvalue weighted by Gasteiger charge is 2.14. The summed E-state index contributed by atoms with van der Waals surface area (Å²) < 4.78 is 0. The molecule has 0 saturated heterocycles. The Hall–Kier alpha value is -0.0800. The van der Waals surface area contributed by atoms with Crippen molar-refractivity contribution in [3.8, 4) is 0 Å². The smallest absolute Gasteiger partial charge is 0.0582 e. The molecule has 0 aromatic carbocycles. The first-order valence-corrected chi connectivity index (χ1v) is 3.32. The monoisotopic (exact) mass is 131 g/mol. The molecule has 0 unspecified atom stereocenters. The zero-order valence-electron chi connectivity index (χ0n) is 6.52. The van der Waals surface area contributed by atoms with Gasteiger partial charge in [0.15, 0.2) is 0 Å². The Bertz CT molecular complexity index is 75.5. The molecule has 0 aliphatic heterocycles. The Morgan fingerprint density at radius 2 is 1.89 bits per heavy atom. The predicted octanol–water partition coefficient (Wildman–Crippen LogP) is 0.742. The molecule has 0 bridgehead atoms. The van der Waals surface area contributed by atoms with Gasteiger partial charge in [0.2, 0.25) is 0 Å². The van der Waals surface area contributed by atoms with Gasteiger partial charge >= 0.3 is 0 Å². The van der Waals surface area contributed by atoms with Crippen molar-refractivity contribution in [2.75, 3.05) is 6.61 Å². The average Bonchev–Trinajstić information content (AvgIpc) is 1.62. The second-order valence-corrected chi connectivity index (χ2v) is 3.71. The van der Waals surface area contributed by atoms with Crippen LogP contribution < -0.4 is 5.73 Å². The Morgan fingerprint density at radius 1 is 1.44 bits per heavy atom. The quantitative estimate of drug-likeness (QED) is 0.580. The van der Waals surface area contributed by atoms with Crippen molar-refractivity contribution >= 4 is 0 Å². The van der Waals surface area contributed by atoms with E-state index in [9.17, 15) is 0 Å². The molecule has 0 aromatic rings. The van der Waals surface area contributed by atoms with Crippen LogP contribution >= 0.6 is 0 Å². The summed E-state index contributed by atoms with van der Waals surface area (Å²) in [6.45, 7) is 6.44. The summed E-state index contributed by atoms with van der Waals surface area (Å²) in [7, 11) is 0. The maximum atomic E-state index is 8.57. The lowest BCUT2D eigenvalue weighted by molar-refractivity contribution is 0.224. The summed E-state index contributed by atoms with van der Waals surface area (Å²) in [5, 5.41) is 8.57. The van der Waals surface area contributed by atoms with E-state index in [1.807, 2.05) is 0 Å². The molecule has 0 rings (SSSR count). The Labute approximate surface area is 57.1 Å². The van der Waals surface area contributed by atoms with Crippen LogP contribution in [0, 0.1) is 5.41 Å². The fourth-order valence-electron chi connectivity index (χ4n) is 0.851. The first kappa shape index (κ1) is 8.92. The largest absolute Gasteiger partial charge is 0.395 e. The SMILES string of the molecule is CC(C)(C)C[C@@H](N)CO. The van der Waals surface area contributed by atoms with Crippen molar-refractivity contribution < 1.29 is 5.11 Å². The van der Waals surface area contributed by atoms with Gasteiger partial charge in [0, 0.05) is 6.04 Å². The van der Waals surface area contributed by atoms with E-state index in [1.54, 1.807) is 0 Å². The highest BCUT2D eigenvalue weighted by atomic mass is 16.3. The van der Waals surface area contributed by atoms with E-state index >= 15 is 0 Å². The highest BCUT2D eigenvalue weighted by Crippen LogP contribution is 2.19. The summed E-state index contributed by atoms with van der Waals surface area (Å²) in [6.07, 6.45) is 0.878. The zero-order valence-corrected chi connectivity index (χ0v) is 6.52. The van der Waals surface area contributed by atoms with E-state index in [4.69, 9.17) is 10.8 Å². The van der Waals surface area contributed by atoms with Crippen LogP contribution in [-0.2, 0) is 0 Å². The minimum atomic E-state index is -0.0509. The van der Waals surface area contributed by atoms with Crippen molar-refractivity contribution in [3.63, 3.8) is 0 Å². The van der Waals surface area contributed by atoms with Crippen LogP contribution in [0.2, 0.25) is 0 Å². The lowest BCUT2D eigenvalue weighted by Gasteiger charge is -2.21. The van der Waals surface area contributed by atoms with Gasteiger partial charge in [-0.05, 0) is 11.8 Å². The fourth-order valence-corrected chi connectivity index (χ4v) is 0.851. The van der Waals surface area contributed by atoms with Gasteiger partial charge in [0.1, 0.15) is 0 Å². The summed E-state index contributed by atoms with van der Waals surface area (Å²) >= 11 is 0. The average molecular weight is 131 g/mol. The normalized spacial score (nSPS) is 15.7. The molecule has 0 amide bonds. The molecular formula is C7H17NO. The number of aliphatic hydroxyl groups is 1.